The molecule has 1 aliphatic rings. The summed E-state index contributed by atoms with van der Waals surface area (Å²) in [5.41, 5.74) is 2.19. The van der Waals surface area contributed by atoms with Crippen LogP contribution in [0.3, 0.4) is 0 Å². The number of benzene rings is 4. The number of hydrogen-bond acceptors (Lipinski definition) is 8. The van der Waals surface area contributed by atoms with Crippen molar-refractivity contribution in [1.82, 2.24) is 5.32 Å². The second-order valence-electron chi connectivity index (χ2n) is 10.3. The number of ether oxygens (including phenoxy) is 2. The first-order chi connectivity index (χ1) is 22.7. The average Bonchev–Trinajstić information content (AvgIpc) is 3.36. The van der Waals surface area contributed by atoms with E-state index < -0.39 is 23.0 Å². The lowest BCUT2D eigenvalue weighted by Crippen LogP contribution is -2.31. The maximum atomic E-state index is 13.5. The molecule has 47 heavy (non-hydrogen) atoms. The second kappa shape index (κ2) is 15.1. The first-order valence-corrected chi connectivity index (χ1v) is 15.6. The van der Waals surface area contributed by atoms with Crippen molar-refractivity contribution in [1.29, 1.82) is 0 Å². The van der Waals surface area contributed by atoms with Crippen molar-refractivity contribution in [3.05, 3.63) is 126 Å². The quantitative estimate of drug-likeness (QED) is 0.120. The molecule has 1 fully saturated rings. The normalized spacial score (nSPS) is 14.5. The minimum absolute atomic E-state index is 0.0139. The number of nitrogens with zero attached hydrogens (tertiary/aromatic N) is 1. The lowest BCUT2D eigenvalue weighted by molar-refractivity contribution is -0.121. The Kier molecular flexibility index (Phi) is 10.5. The number of methoxy groups -OCH3 is 1. The van der Waals surface area contributed by atoms with Crippen LogP contribution in [0.25, 0.3) is 6.08 Å². The molecule has 0 aliphatic carbocycles. The van der Waals surface area contributed by atoms with Crippen molar-refractivity contribution in [2.24, 2.45) is 0 Å². The van der Waals surface area contributed by atoms with Crippen LogP contribution in [-0.2, 0) is 19.1 Å². The van der Waals surface area contributed by atoms with Crippen molar-refractivity contribution < 1.29 is 33.4 Å². The van der Waals surface area contributed by atoms with E-state index in [4.69, 9.17) is 9.47 Å². The molecule has 1 aliphatic heterocycles. The molecular weight excluding hydrogens is 618 g/mol. The Morgan fingerprint density at radius 2 is 1.62 bits per heavy atom. The van der Waals surface area contributed by atoms with Gasteiger partial charge in [0.05, 0.1) is 30.2 Å². The van der Waals surface area contributed by atoms with E-state index in [-0.39, 0.29) is 30.5 Å². The summed E-state index contributed by atoms with van der Waals surface area (Å²) in [6.45, 7) is 1.94. The lowest BCUT2D eigenvalue weighted by Gasteiger charge is -2.15. The third-order valence-corrected chi connectivity index (χ3v) is 8.25. The van der Waals surface area contributed by atoms with Crippen LogP contribution < -0.4 is 20.3 Å². The zero-order chi connectivity index (χ0) is 33.3. The minimum Gasteiger partial charge on any atom is -0.497 e. The number of rotatable bonds is 11. The van der Waals surface area contributed by atoms with Crippen molar-refractivity contribution in [3.63, 3.8) is 0 Å². The highest BCUT2D eigenvalue weighted by atomic mass is 32.2. The number of nitrogens with one attached hydrogen (secondary N) is 2. The van der Waals surface area contributed by atoms with Gasteiger partial charge in [-0.15, -0.1) is 11.8 Å². The van der Waals surface area contributed by atoms with Crippen LogP contribution in [0.4, 0.5) is 11.4 Å². The van der Waals surface area contributed by atoms with Gasteiger partial charge in [0.1, 0.15) is 11.4 Å². The number of thioether (sulfide) groups is 1. The van der Waals surface area contributed by atoms with Gasteiger partial charge in [0.25, 0.3) is 11.8 Å². The summed E-state index contributed by atoms with van der Waals surface area (Å²) in [6.07, 6.45) is 1.55. The molecule has 0 spiro atoms. The Morgan fingerprint density at radius 1 is 0.894 bits per heavy atom. The van der Waals surface area contributed by atoms with Crippen LogP contribution >= 0.6 is 11.8 Å². The fourth-order valence-corrected chi connectivity index (χ4v) is 5.86. The summed E-state index contributed by atoms with van der Waals surface area (Å²) in [5.74, 6) is -1.59. The molecule has 11 heteroatoms. The van der Waals surface area contributed by atoms with Crippen molar-refractivity contribution in [3.8, 4) is 5.75 Å². The van der Waals surface area contributed by atoms with E-state index in [1.165, 1.54) is 23.9 Å². The molecule has 10 nitrogen and oxygen atoms in total. The smallest absolute Gasteiger partial charge is 0.338 e. The van der Waals surface area contributed by atoms with E-state index in [1.54, 1.807) is 111 Å². The number of hydrogen-bond donors (Lipinski definition) is 2. The first kappa shape index (κ1) is 32.7. The van der Waals surface area contributed by atoms with Crippen LogP contribution in [0.5, 0.6) is 5.75 Å². The molecule has 1 atom stereocenters. The van der Waals surface area contributed by atoms with Crippen LogP contribution in [0.2, 0.25) is 0 Å². The van der Waals surface area contributed by atoms with E-state index >= 15 is 0 Å². The van der Waals surface area contributed by atoms with Crippen molar-refractivity contribution >= 4 is 58.8 Å². The zero-order valence-corrected chi connectivity index (χ0v) is 26.4. The summed E-state index contributed by atoms with van der Waals surface area (Å²) >= 11 is 1.21. The van der Waals surface area contributed by atoms with Gasteiger partial charge in [-0.05, 0) is 85.3 Å². The van der Waals surface area contributed by atoms with Gasteiger partial charge in [0, 0.05) is 22.6 Å². The topological polar surface area (TPSA) is 131 Å². The zero-order valence-electron chi connectivity index (χ0n) is 25.6. The fraction of sp³-hybridized carbons (Fsp3) is 0.139. The number of imide groups is 1. The molecule has 4 aromatic carbocycles. The number of anilines is 2. The van der Waals surface area contributed by atoms with E-state index in [0.717, 1.165) is 4.90 Å². The fourth-order valence-electron chi connectivity index (χ4n) is 4.75. The summed E-state index contributed by atoms with van der Waals surface area (Å²) in [6, 6.07) is 28.5. The highest BCUT2D eigenvalue weighted by Gasteiger charge is 2.40. The van der Waals surface area contributed by atoms with Crippen LogP contribution in [0, 0.1) is 0 Å². The highest BCUT2D eigenvalue weighted by Crippen LogP contribution is 2.35. The van der Waals surface area contributed by atoms with Crippen molar-refractivity contribution in [2.75, 3.05) is 23.9 Å². The minimum atomic E-state index is -0.686. The molecule has 0 aromatic heterocycles. The average molecular weight is 650 g/mol. The van der Waals surface area contributed by atoms with Crippen LogP contribution in [0.15, 0.2) is 114 Å². The Morgan fingerprint density at radius 3 is 2.30 bits per heavy atom. The third-order valence-electron chi connectivity index (χ3n) is 7.07. The summed E-state index contributed by atoms with van der Waals surface area (Å²) in [5, 5.41) is 4.85. The first-order valence-electron chi connectivity index (χ1n) is 14.7. The molecule has 2 N–H and O–H groups in total. The standard InChI is InChI=1S/C36H31N3O7S/c1-3-46-36(44)25-14-16-27(17-15-25)39-32(40)22-31(35(39)43)47-29-11-7-10-26(21-29)37-34(42)30(20-23-12-18-28(45-2)19-13-23)38-33(41)24-8-5-4-6-9-24/h4-21,31H,3,22H2,1-2H3,(H,37,42)(H,38,41)/b30-20-/t31-/m0/s1. The van der Waals surface area contributed by atoms with Gasteiger partial charge in [0.2, 0.25) is 11.8 Å². The molecule has 4 aromatic rings. The highest BCUT2D eigenvalue weighted by molar-refractivity contribution is 8.00. The molecule has 1 saturated heterocycles. The summed E-state index contributed by atoms with van der Waals surface area (Å²) in [7, 11) is 1.56. The molecule has 0 unspecified atom stereocenters. The largest absolute Gasteiger partial charge is 0.497 e. The molecule has 5 rings (SSSR count). The summed E-state index contributed by atoms with van der Waals surface area (Å²) in [4.78, 5) is 66.4. The van der Waals surface area contributed by atoms with Gasteiger partial charge in [-0.25, -0.2) is 9.69 Å². The maximum absolute atomic E-state index is 13.5. The number of esters is 1. The SMILES string of the molecule is CCOC(=O)c1ccc(N2C(=O)C[C@H](Sc3cccc(NC(=O)/C(=C/c4ccc(OC)cc4)NC(=O)c4ccccc4)c3)C2=O)cc1. The predicted molar refractivity (Wildman–Crippen MR) is 179 cm³/mol. The van der Waals surface area contributed by atoms with Crippen LogP contribution in [0.1, 0.15) is 39.6 Å². The molecule has 1 heterocycles. The number of amides is 4. The van der Waals surface area contributed by atoms with E-state index in [0.29, 0.717) is 38.7 Å². The maximum Gasteiger partial charge on any atom is 0.338 e. The predicted octanol–water partition coefficient (Wildman–Crippen LogP) is 5.71. The lowest BCUT2D eigenvalue weighted by atomic mass is 10.1. The van der Waals surface area contributed by atoms with E-state index in [1.807, 2.05) is 0 Å². The van der Waals surface area contributed by atoms with Gasteiger partial charge in [-0.2, -0.15) is 0 Å². The molecule has 0 radical (unpaired) electrons. The number of carbonyl (C=O) groups excluding carboxylic acids is 5. The Labute approximate surface area is 275 Å². The van der Waals surface area contributed by atoms with Gasteiger partial charge >= 0.3 is 5.97 Å². The molecular formula is C36H31N3O7S. The monoisotopic (exact) mass is 649 g/mol. The molecule has 0 saturated carbocycles. The van der Waals surface area contributed by atoms with Gasteiger partial charge in [-0.3, -0.25) is 19.2 Å². The molecule has 238 valence electrons. The summed E-state index contributed by atoms with van der Waals surface area (Å²) < 4.78 is 10.2. The van der Waals surface area contributed by atoms with Gasteiger partial charge in [-0.1, -0.05) is 36.4 Å². The van der Waals surface area contributed by atoms with Gasteiger partial charge in [0.15, 0.2) is 0 Å². The van der Waals surface area contributed by atoms with Crippen molar-refractivity contribution in [2.45, 2.75) is 23.5 Å². The molecule has 4 amide bonds. The third kappa shape index (κ3) is 8.13. The second-order valence-corrected chi connectivity index (χ2v) is 11.6. The van der Waals surface area contributed by atoms with E-state index in [2.05, 4.69) is 10.6 Å². The van der Waals surface area contributed by atoms with Gasteiger partial charge < -0.3 is 20.1 Å². The van der Waals surface area contributed by atoms with Crippen LogP contribution in [-0.4, -0.2) is 48.6 Å². The Bertz CT molecular complexity index is 1820. The van der Waals surface area contributed by atoms with E-state index in [9.17, 15) is 24.0 Å². The Balaban J connectivity index is 1.30. The molecule has 0 bridgehead atoms. The Hall–Kier alpha value is -5.68. The number of carbonyl (C=O) groups is 5.